The molecular weight excluding hydrogens is 459 g/mol. The topological polar surface area (TPSA) is 96.3 Å². The van der Waals surface area contributed by atoms with E-state index in [1.165, 1.54) is 45.3 Å². The quantitative estimate of drug-likeness (QED) is 0.488. The molecule has 0 amide bonds. The molecule has 2 N–H and O–H groups in total. The van der Waals surface area contributed by atoms with Crippen molar-refractivity contribution >= 4 is 5.82 Å². The lowest BCUT2D eigenvalue weighted by Crippen LogP contribution is -2.61. The number of ether oxygens (including phenoxy) is 1. The molecule has 3 aliphatic rings. The van der Waals surface area contributed by atoms with E-state index < -0.39 is 5.95 Å². The number of aromatic nitrogens is 4. The van der Waals surface area contributed by atoms with Crippen LogP contribution in [0.15, 0.2) is 36.5 Å². The lowest BCUT2D eigenvalue weighted by atomic mass is 9.75. The van der Waals surface area contributed by atoms with Crippen LogP contribution in [0, 0.1) is 5.95 Å². The molecule has 2 aromatic heterocycles. The Bertz CT molecular complexity index is 1270. The number of hydrogen-bond acceptors (Lipinski definition) is 8. The van der Waals surface area contributed by atoms with Crippen LogP contribution in [-0.2, 0) is 0 Å². The van der Waals surface area contributed by atoms with Crippen LogP contribution in [0.25, 0.3) is 22.5 Å². The molecule has 1 aromatic carbocycles. The highest BCUT2D eigenvalue weighted by Gasteiger charge is 2.45. The van der Waals surface area contributed by atoms with Crippen molar-refractivity contribution in [1.29, 1.82) is 0 Å². The second-order valence-corrected chi connectivity index (χ2v) is 10.6. The SMILES string of the molecule is COc1cc(-c2ccc(-c3ncc(N(C4CC4)[C@H]4C[C@@H]5CCC[C@](C)(C4)N5)nn3)c(O)c2)cc(F)n1. The van der Waals surface area contributed by atoms with Crippen LogP contribution in [-0.4, -0.2) is 56.0 Å². The van der Waals surface area contributed by atoms with E-state index in [2.05, 4.69) is 37.3 Å². The van der Waals surface area contributed by atoms with E-state index in [1.54, 1.807) is 30.5 Å². The van der Waals surface area contributed by atoms with Gasteiger partial charge in [-0.25, -0.2) is 4.98 Å². The summed E-state index contributed by atoms with van der Waals surface area (Å²) in [4.78, 5) is 10.7. The van der Waals surface area contributed by atoms with Crippen molar-refractivity contribution in [2.75, 3.05) is 12.0 Å². The number of anilines is 1. The van der Waals surface area contributed by atoms with Gasteiger partial charge in [-0.2, -0.15) is 9.37 Å². The second kappa shape index (κ2) is 8.96. The lowest BCUT2D eigenvalue weighted by molar-refractivity contribution is 0.138. The summed E-state index contributed by atoms with van der Waals surface area (Å²) >= 11 is 0. The number of piperidine rings is 2. The predicted molar refractivity (Wildman–Crippen MR) is 134 cm³/mol. The highest BCUT2D eigenvalue weighted by Crippen LogP contribution is 2.41. The van der Waals surface area contributed by atoms with Crippen molar-refractivity contribution in [3.63, 3.8) is 0 Å². The van der Waals surface area contributed by atoms with Crippen molar-refractivity contribution in [3.8, 4) is 34.1 Å². The Balaban J connectivity index is 1.25. The van der Waals surface area contributed by atoms with Crippen molar-refractivity contribution < 1.29 is 14.2 Å². The Morgan fingerprint density at radius 1 is 1.11 bits per heavy atom. The van der Waals surface area contributed by atoms with Crippen LogP contribution < -0.4 is 15.0 Å². The summed E-state index contributed by atoms with van der Waals surface area (Å²) in [6.45, 7) is 2.35. The number of benzene rings is 1. The summed E-state index contributed by atoms with van der Waals surface area (Å²) in [6, 6.07) is 9.48. The van der Waals surface area contributed by atoms with Crippen molar-refractivity contribution in [3.05, 3.63) is 42.5 Å². The first-order valence-electron chi connectivity index (χ1n) is 12.7. The zero-order valence-electron chi connectivity index (χ0n) is 20.6. The van der Waals surface area contributed by atoms with Gasteiger partial charge in [-0.05, 0) is 68.7 Å². The van der Waals surface area contributed by atoms with Crippen molar-refractivity contribution in [2.45, 2.75) is 75.5 Å². The van der Waals surface area contributed by atoms with E-state index in [1.807, 2.05) is 0 Å². The highest BCUT2D eigenvalue weighted by atomic mass is 19.1. The molecule has 3 fully saturated rings. The number of phenolic OH excluding ortho intramolecular Hbond substituents is 1. The van der Waals surface area contributed by atoms with E-state index in [-0.39, 0.29) is 17.2 Å². The average Bonchev–Trinajstić information content (AvgIpc) is 3.69. The van der Waals surface area contributed by atoms with Gasteiger partial charge >= 0.3 is 0 Å². The fourth-order valence-corrected chi connectivity index (χ4v) is 6.04. The number of rotatable bonds is 6. The third kappa shape index (κ3) is 4.48. The molecule has 36 heavy (non-hydrogen) atoms. The fourth-order valence-electron chi connectivity index (χ4n) is 6.04. The number of halogens is 1. The second-order valence-electron chi connectivity index (χ2n) is 10.6. The summed E-state index contributed by atoms with van der Waals surface area (Å²) in [6.07, 6.45) is 10.1. The van der Waals surface area contributed by atoms with E-state index in [4.69, 9.17) is 4.74 Å². The first kappa shape index (κ1) is 23.1. The maximum absolute atomic E-state index is 13.8. The van der Waals surface area contributed by atoms with Gasteiger partial charge in [0.15, 0.2) is 11.6 Å². The van der Waals surface area contributed by atoms with Crippen molar-refractivity contribution in [2.24, 2.45) is 0 Å². The predicted octanol–water partition coefficient (Wildman–Crippen LogP) is 4.49. The number of aromatic hydroxyl groups is 1. The van der Waals surface area contributed by atoms with Gasteiger partial charge in [0.05, 0.1) is 18.9 Å². The van der Waals surface area contributed by atoms with Crippen LogP contribution >= 0.6 is 0 Å². The molecule has 6 rings (SSSR count). The van der Waals surface area contributed by atoms with Gasteiger partial charge in [0, 0.05) is 35.8 Å². The Morgan fingerprint density at radius 3 is 2.67 bits per heavy atom. The largest absolute Gasteiger partial charge is 0.507 e. The van der Waals surface area contributed by atoms with E-state index in [0.717, 1.165) is 18.7 Å². The first-order chi connectivity index (χ1) is 17.4. The molecule has 1 aliphatic carbocycles. The van der Waals surface area contributed by atoms with E-state index in [9.17, 15) is 9.50 Å². The van der Waals surface area contributed by atoms with Crippen LogP contribution in [0.3, 0.4) is 0 Å². The van der Waals surface area contributed by atoms with E-state index >= 15 is 0 Å². The molecule has 2 aliphatic heterocycles. The Morgan fingerprint density at radius 2 is 1.97 bits per heavy atom. The molecule has 0 spiro atoms. The van der Waals surface area contributed by atoms with Gasteiger partial charge in [0.2, 0.25) is 11.8 Å². The van der Waals surface area contributed by atoms with Crippen LogP contribution in [0.4, 0.5) is 10.2 Å². The van der Waals surface area contributed by atoms with Gasteiger partial charge in [0.1, 0.15) is 5.75 Å². The standard InChI is InChI=1S/C27H31FN6O2/c1-27-9-3-4-18(31-27)13-20(14-27)34(19-6-7-19)24-15-29-26(33-32-24)21-8-5-16(10-22(21)35)17-11-23(28)30-25(12-17)36-2/h5,8,10-12,15,18-20,31,35H,3-4,6-7,9,13-14H2,1-2H3/t18-,20-,27+/m0/s1. The van der Waals surface area contributed by atoms with E-state index in [0.29, 0.717) is 40.6 Å². The molecule has 2 saturated heterocycles. The normalized spacial score (nSPS) is 25.4. The first-order valence-corrected chi connectivity index (χ1v) is 12.7. The van der Waals surface area contributed by atoms with Crippen LogP contribution in [0.1, 0.15) is 51.9 Å². The number of methoxy groups -OCH3 is 1. The van der Waals surface area contributed by atoms with Crippen LogP contribution in [0.5, 0.6) is 11.6 Å². The number of hydrogen-bond donors (Lipinski definition) is 2. The summed E-state index contributed by atoms with van der Waals surface area (Å²) < 4.78 is 18.9. The number of nitrogens with one attached hydrogen (secondary N) is 1. The van der Waals surface area contributed by atoms with Crippen LogP contribution in [0.2, 0.25) is 0 Å². The van der Waals surface area contributed by atoms with Gasteiger partial charge < -0.3 is 20.1 Å². The fraction of sp³-hybridized carbons (Fsp3) is 0.481. The third-order valence-electron chi connectivity index (χ3n) is 7.78. The monoisotopic (exact) mass is 490 g/mol. The zero-order valence-corrected chi connectivity index (χ0v) is 20.6. The minimum atomic E-state index is -0.650. The van der Waals surface area contributed by atoms with Gasteiger partial charge in [-0.1, -0.05) is 12.5 Å². The smallest absolute Gasteiger partial charge is 0.216 e. The Kier molecular flexibility index (Phi) is 5.75. The summed E-state index contributed by atoms with van der Waals surface area (Å²) in [5, 5.41) is 23.6. The maximum Gasteiger partial charge on any atom is 0.216 e. The number of pyridine rings is 1. The molecule has 0 radical (unpaired) electrons. The van der Waals surface area contributed by atoms with Crippen molar-refractivity contribution in [1.82, 2.24) is 25.5 Å². The summed E-state index contributed by atoms with van der Waals surface area (Å²) in [5.74, 6) is 0.679. The molecule has 1 saturated carbocycles. The Hall–Kier alpha value is -3.33. The lowest BCUT2D eigenvalue weighted by Gasteiger charge is -2.50. The van der Waals surface area contributed by atoms with Gasteiger partial charge in [-0.15, -0.1) is 10.2 Å². The molecule has 188 valence electrons. The molecular formula is C27H31FN6O2. The molecule has 3 atom stereocenters. The molecule has 4 heterocycles. The number of nitrogens with zero attached hydrogens (tertiary/aromatic N) is 5. The molecule has 9 heteroatoms. The zero-order chi connectivity index (χ0) is 24.9. The average molecular weight is 491 g/mol. The third-order valence-corrected chi connectivity index (χ3v) is 7.78. The minimum Gasteiger partial charge on any atom is -0.507 e. The Labute approximate surface area is 210 Å². The molecule has 3 aromatic rings. The summed E-state index contributed by atoms with van der Waals surface area (Å²) in [5.41, 5.74) is 1.84. The highest BCUT2D eigenvalue weighted by molar-refractivity contribution is 5.73. The maximum atomic E-state index is 13.8. The number of phenols is 1. The molecule has 8 nitrogen and oxygen atoms in total. The molecule has 2 bridgehead atoms. The van der Waals surface area contributed by atoms with Gasteiger partial charge in [-0.3, -0.25) is 0 Å². The van der Waals surface area contributed by atoms with Gasteiger partial charge in [0.25, 0.3) is 0 Å². The summed E-state index contributed by atoms with van der Waals surface area (Å²) in [7, 11) is 1.43. The molecule has 0 unspecified atom stereocenters. The number of fused-ring (bicyclic) bond motifs is 2. The minimum absolute atomic E-state index is 0.00334.